The van der Waals surface area contributed by atoms with Crippen molar-refractivity contribution in [2.45, 2.75) is 25.4 Å². The zero-order valence-corrected chi connectivity index (χ0v) is 18.6. The van der Waals surface area contributed by atoms with Gasteiger partial charge in [-0.3, -0.25) is 14.5 Å². The first-order valence-corrected chi connectivity index (χ1v) is 11.0. The molecule has 2 aliphatic rings. The third-order valence-corrected chi connectivity index (χ3v) is 6.24. The van der Waals surface area contributed by atoms with Gasteiger partial charge in [0.2, 0.25) is 5.91 Å². The van der Waals surface area contributed by atoms with Gasteiger partial charge in [-0.1, -0.05) is 6.07 Å². The Labute approximate surface area is 190 Å². The summed E-state index contributed by atoms with van der Waals surface area (Å²) in [5, 5.41) is 7.17. The third-order valence-electron chi connectivity index (χ3n) is 5.92. The van der Waals surface area contributed by atoms with E-state index in [1.165, 1.54) is 0 Å². The fourth-order valence-corrected chi connectivity index (χ4v) is 4.53. The van der Waals surface area contributed by atoms with E-state index in [4.69, 9.17) is 26.4 Å². The van der Waals surface area contributed by atoms with Crippen molar-refractivity contribution in [1.29, 1.82) is 0 Å². The van der Waals surface area contributed by atoms with Crippen molar-refractivity contribution in [3.63, 3.8) is 0 Å². The van der Waals surface area contributed by atoms with Gasteiger partial charge in [-0.2, -0.15) is 5.10 Å². The molecule has 9 heteroatoms. The van der Waals surface area contributed by atoms with Gasteiger partial charge in [-0.05, 0) is 67.0 Å². The van der Waals surface area contributed by atoms with Crippen LogP contribution in [-0.4, -0.2) is 52.4 Å². The molecule has 3 aromatic rings. The number of carbonyl (C=O) groups is 1. The summed E-state index contributed by atoms with van der Waals surface area (Å²) in [4.78, 5) is 15.3. The maximum Gasteiger partial charge on any atom is 0.243 e. The Balaban J connectivity index is 1.38. The molecule has 2 aromatic carbocycles. The van der Waals surface area contributed by atoms with Crippen LogP contribution in [0, 0.1) is 4.77 Å². The molecule has 1 N–H and O–H groups in total. The summed E-state index contributed by atoms with van der Waals surface area (Å²) in [7, 11) is 1.62. The average Bonchev–Trinajstić information content (AvgIpc) is 3.46. The zero-order valence-electron chi connectivity index (χ0n) is 17.7. The highest BCUT2D eigenvalue weighted by Crippen LogP contribution is 2.38. The number of aromatic nitrogens is 3. The second-order valence-corrected chi connectivity index (χ2v) is 8.20. The Hall–Kier alpha value is -3.33. The van der Waals surface area contributed by atoms with Gasteiger partial charge in [0.15, 0.2) is 22.1 Å². The van der Waals surface area contributed by atoms with Gasteiger partial charge < -0.3 is 19.1 Å². The lowest BCUT2D eigenvalue weighted by Gasteiger charge is -2.27. The highest BCUT2D eigenvalue weighted by molar-refractivity contribution is 7.71. The number of aromatic amines is 1. The predicted octanol–water partition coefficient (Wildman–Crippen LogP) is 3.75. The number of amides is 1. The lowest BCUT2D eigenvalue weighted by atomic mass is 10.0. The number of nitrogens with zero attached hydrogens (tertiary/aromatic N) is 3. The molecule has 0 spiro atoms. The number of fused-ring (bicyclic) bond motifs is 1. The molecule has 2 aliphatic heterocycles. The minimum atomic E-state index is 0.00355. The van der Waals surface area contributed by atoms with Crippen LogP contribution >= 0.6 is 12.2 Å². The fourth-order valence-electron chi connectivity index (χ4n) is 4.33. The monoisotopic (exact) mass is 452 g/mol. The van der Waals surface area contributed by atoms with Crippen LogP contribution in [0.1, 0.15) is 24.4 Å². The number of H-pyrrole nitrogens is 1. The van der Waals surface area contributed by atoms with Crippen molar-refractivity contribution in [2.75, 3.05) is 26.9 Å². The van der Waals surface area contributed by atoms with Crippen LogP contribution in [0.3, 0.4) is 0 Å². The molecule has 32 heavy (non-hydrogen) atoms. The zero-order chi connectivity index (χ0) is 22.1. The number of likely N-dealkylation sites (tertiary alicyclic amines) is 1. The molecule has 0 radical (unpaired) electrons. The quantitative estimate of drug-likeness (QED) is 0.594. The van der Waals surface area contributed by atoms with Gasteiger partial charge in [-0.15, -0.1) is 0 Å². The Morgan fingerprint density at radius 2 is 1.97 bits per heavy atom. The van der Waals surface area contributed by atoms with E-state index in [0.29, 0.717) is 30.4 Å². The Morgan fingerprint density at radius 3 is 2.75 bits per heavy atom. The van der Waals surface area contributed by atoms with E-state index in [9.17, 15) is 4.79 Å². The summed E-state index contributed by atoms with van der Waals surface area (Å²) in [5.41, 5.74) is 1.92. The van der Waals surface area contributed by atoms with Crippen molar-refractivity contribution in [3.8, 4) is 28.6 Å². The molecule has 1 amide bonds. The number of rotatable bonds is 5. The second kappa shape index (κ2) is 8.66. The molecule has 3 heterocycles. The van der Waals surface area contributed by atoms with Gasteiger partial charge in [0.05, 0.1) is 13.2 Å². The highest BCUT2D eigenvalue weighted by Gasteiger charge is 2.31. The van der Waals surface area contributed by atoms with Crippen molar-refractivity contribution < 1.29 is 19.0 Å². The topological polar surface area (TPSA) is 81.6 Å². The molecule has 5 rings (SSSR count). The Bertz CT molecular complexity index is 1190. The molecular weight excluding hydrogens is 428 g/mol. The Morgan fingerprint density at radius 1 is 1.19 bits per heavy atom. The summed E-state index contributed by atoms with van der Waals surface area (Å²) >= 11 is 5.42. The summed E-state index contributed by atoms with van der Waals surface area (Å²) in [5.74, 6) is 2.89. The SMILES string of the molecule is COc1ccc(-c2n[nH]c(=S)n2CC(=O)N2CCCC2c2ccc3c(c2)OCCO3)cc1. The van der Waals surface area contributed by atoms with Gasteiger partial charge >= 0.3 is 0 Å². The molecule has 1 fully saturated rings. The molecule has 0 bridgehead atoms. The molecule has 166 valence electrons. The number of nitrogens with one attached hydrogen (secondary N) is 1. The van der Waals surface area contributed by atoms with Crippen LogP contribution in [-0.2, 0) is 11.3 Å². The average molecular weight is 453 g/mol. The summed E-state index contributed by atoms with van der Waals surface area (Å²) in [6.07, 6.45) is 1.86. The van der Waals surface area contributed by atoms with Crippen LogP contribution in [0.25, 0.3) is 11.4 Å². The molecule has 1 saturated heterocycles. The van der Waals surface area contributed by atoms with Gasteiger partial charge in [0.1, 0.15) is 25.5 Å². The lowest BCUT2D eigenvalue weighted by Crippen LogP contribution is -2.33. The van der Waals surface area contributed by atoms with Crippen LogP contribution < -0.4 is 14.2 Å². The van der Waals surface area contributed by atoms with E-state index in [-0.39, 0.29) is 18.5 Å². The molecule has 1 atom stereocenters. The standard InChI is InChI=1S/C23H24N4O4S/c1-29-17-7-4-15(5-8-17)22-24-25-23(32)27(22)14-21(28)26-10-2-3-18(26)16-6-9-19-20(13-16)31-12-11-30-19/h4-9,13,18H,2-3,10-12,14H2,1H3,(H,25,32). The first kappa shape index (κ1) is 20.6. The third kappa shape index (κ3) is 3.84. The smallest absolute Gasteiger partial charge is 0.243 e. The molecule has 1 unspecified atom stereocenters. The first-order valence-electron chi connectivity index (χ1n) is 10.6. The van der Waals surface area contributed by atoms with Crippen LogP contribution in [0.4, 0.5) is 0 Å². The van der Waals surface area contributed by atoms with Gasteiger partial charge in [0, 0.05) is 12.1 Å². The van der Waals surface area contributed by atoms with Crippen molar-refractivity contribution in [1.82, 2.24) is 19.7 Å². The first-order chi connectivity index (χ1) is 15.6. The largest absolute Gasteiger partial charge is 0.497 e. The molecule has 8 nitrogen and oxygen atoms in total. The predicted molar refractivity (Wildman–Crippen MR) is 121 cm³/mol. The number of hydrogen-bond acceptors (Lipinski definition) is 6. The second-order valence-electron chi connectivity index (χ2n) is 7.82. The van der Waals surface area contributed by atoms with E-state index < -0.39 is 0 Å². The van der Waals surface area contributed by atoms with Crippen LogP contribution in [0.15, 0.2) is 42.5 Å². The van der Waals surface area contributed by atoms with E-state index in [2.05, 4.69) is 10.2 Å². The summed E-state index contributed by atoms with van der Waals surface area (Å²) in [6.45, 7) is 1.93. The van der Waals surface area contributed by atoms with Crippen LogP contribution in [0.5, 0.6) is 17.2 Å². The fraction of sp³-hybridized carbons (Fsp3) is 0.348. The van der Waals surface area contributed by atoms with Gasteiger partial charge in [-0.25, -0.2) is 0 Å². The normalized spacial score (nSPS) is 17.4. The van der Waals surface area contributed by atoms with E-state index >= 15 is 0 Å². The van der Waals surface area contributed by atoms with Crippen molar-refractivity contribution >= 4 is 18.1 Å². The Kier molecular flexibility index (Phi) is 5.57. The van der Waals surface area contributed by atoms with E-state index in [1.807, 2.05) is 47.4 Å². The van der Waals surface area contributed by atoms with Gasteiger partial charge in [0.25, 0.3) is 0 Å². The van der Waals surface area contributed by atoms with Crippen molar-refractivity contribution in [2.24, 2.45) is 0 Å². The van der Waals surface area contributed by atoms with E-state index in [0.717, 1.165) is 41.2 Å². The number of hydrogen-bond donors (Lipinski definition) is 1. The van der Waals surface area contributed by atoms with Crippen molar-refractivity contribution in [3.05, 3.63) is 52.8 Å². The highest BCUT2D eigenvalue weighted by atomic mass is 32.1. The molecule has 0 saturated carbocycles. The van der Waals surface area contributed by atoms with Crippen LogP contribution in [0.2, 0.25) is 0 Å². The van der Waals surface area contributed by atoms with E-state index in [1.54, 1.807) is 11.7 Å². The number of ether oxygens (including phenoxy) is 3. The minimum absolute atomic E-state index is 0.00355. The lowest BCUT2D eigenvalue weighted by molar-refractivity contribution is -0.132. The minimum Gasteiger partial charge on any atom is -0.497 e. The number of methoxy groups -OCH3 is 1. The maximum absolute atomic E-state index is 13.4. The molecule has 0 aliphatic carbocycles. The number of carbonyl (C=O) groups excluding carboxylic acids is 1. The summed E-state index contributed by atoms with van der Waals surface area (Å²) < 4.78 is 18.8. The molecule has 1 aromatic heterocycles. The summed E-state index contributed by atoms with van der Waals surface area (Å²) in [6, 6.07) is 13.5. The molecular formula is C23H24N4O4S. The maximum atomic E-state index is 13.4. The number of benzene rings is 2.